The summed E-state index contributed by atoms with van der Waals surface area (Å²) in [7, 11) is 0. The van der Waals surface area contributed by atoms with Crippen molar-refractivity contribution in [2.45, 2.75) is 26.3 Å². The number of aryl methyl sites for hydroxylation is 1. The molecule has 3 rings (SSSR count). The number of hydrogen-bond acceptors (Lipinski definition) is 4. The van der Waals surface area contributed by atoms with Gasteiger partial charge in [-0.3, -0.25) is 9.59 Å². The average Bonchev–Trinajstić information content (AvgIpc) is 2.56. The van der Waals surface area contributed by atoms with Gasteiger partial charge in [-0.25, -0.2) is 4.39 Å². The fourth-order valence-corrected chi connectivity index (χ4v) is 2.53. The van der Waals surface area contributed by atoms with Crippen molar-refractivity contribution >= 4 is 16.8 Å². The molecule has 128 valence electrons. The summed E-state index contributed by atoms with van der Waals surface area (Å²) >= 11 is 0. The Kier molecular flexibility index (Phi) is 4.56. The summed E-state index contributed by atoms with van der Waals surface area (Å²) in [5.74, 6) is -0.724. The number of benzene rings is 1. The monoisotopic (exact) mass is 340 g/mol. The van der Waals surface area contributed by atoms with Crippen molar-refractivity contribution in [2.75, 3.05) is 0 Å². The van der Waals surface area contributed by atoms with E-state index in [9.17, 15) is 14.0 Å². The lowest BCUT2D eigenvalue weighted by Gasteiger charge is -2.13. The fraction of sp³-hybridized carbons (Fsp3) is 0.222. The summed E-state index contributed by atoms with van der Waals surface area (Å²) in [5, 5.41) is 11.3. The number of amides is 1. The molecule has 0 fully saturated rings. The van der Waals surface area contributed by atoms with Gasteiger partial charge < -0.3 is 10.3 Å². The van der Waals surface area contributed by atoms with Crippen molar-refractivity contribution in [2.24, 2.45) is 0 Å². The number of halogens is 1. The molecular weight excluding hydrogens is 323 g/mol. The van der Waals surface area contributed by atoms with Gasteiger partial charge in [0.25, 0.3) is 5.56 Å². The van der Waals surface area contributed by atoms with Gasteiger partial charge >= 0.3 is 0 Å². The van der Waals surface area contributed by atoms with Crippen LogP contribution in [0, 0.1) is 12.7 Å². The van der Waals surface area contributed by atoms with Gasteiger partial charge in [0, 0.05) is 16.5 Å². The Hall–Kier alpha value is -3.09. The lowest BCUT2D eigenvalue weighted by molar-refractivity contribution is -0.121. The molecule has 0 aliphatic heterocycles. The molecule has 0 saturated heterocycles. The second kappa shape index (κ2) is 6.80. The minimum Gasteiger partial charge on any atom is -0.348 e. The Morgan fingerprint density at radius 2 is 2.04 bits per heavy atom. The van der Waals surface area contributed by atoms with E-state index >= 15 is 0 Å². The maximum absolute atomic E-state index is 13.3. The number of pyridine rings is 1. The maximum Gasteiger partial charge on any atom is 0.252 e. The first kappa shape index (κ1) is 16.8. The molecule has 1 amide bonds. The molecule has 6 nitrogen and oxygen atoms in total. The molecule has 2 aromatic heterocycles. The molecule has 0 aliphatic rings. The summed E-state index contributed by atoms with van der Waals surface area (Å²) in [5.41, 5.74) is 1.86. The van der Waals surface area contributed by atoms with E-state index in [1.54, 1.807) is 13.0 Å². The molecule has 25 heavy (non-hydrogen) atoms. The van der Waals surface area contributed by atoms with Crippen molar-refractivity contribution in [3.8, 4) is 0 Å². The third kappa shape index (κ3) is 3.88. The van der Waals surface area contributed by atoms with Crippen molar-refractivity contribution in [1.82, 2.24) is 20.5 Å². The highest BCUT2D eigenvalue weighted by molar-refractivity contribution is 5.82. The van der Waals surface area contributed by atoms with Gasteiger partial charge in [-0.05, 0) is 50.2 Å². The number of nitrogens with one attached hydrogen (secondary N) is 2. The molecular formula is C18H17FN4O2. The van der Waals surface area contributed by atoms with Crippen LogP contribution in [0.4, 0.5) is 4.39 Å². The molecule has 0 radical (unpaired) electrons. The zero-order valence-electron chi connectivity index (χ0n) is 13.8. The van der Waals surface area contributed by atoms with Crippen LogP contribution in [0.15, 0.2) is 41.2 Å². The second-order valence-electron chi connectivity index (χ2n) is 5.92. The molecule has 0 saturated carbocycles. The van der Waals surface area contributed by atoms with Crippen molar-refractivity contribution < 1.29 is 9.18 Å². The number of fused-ring (bicyclic) bond motifs is 1. The third-order valence-electron chi connectivity index (χ3n) is 3.87. The van der Waals surface area contributed by atoms with Crippen LogP contribution in [0.25, 0.3) is 10.9 Å². The van der Waals surface area contributed by atoms with Crippen LogP contribution >= 0.6 is 0 Å². The van der Waals surface area contributed by atoms with Crippen LogP contribution in [0.3, 0.4) is 0 Å². The molecule has 2 heterocycles. The molecule has 2 N–H and O–H groups in total. The Bertz CT molecular complexity index is 983. The fourth-order valence-electron chi connectivity index (χ4n) is 2.53. The zero-order chi connectivity index (χ0) is 18.0. The number of carbonyl (C=O) groups is 1. The largest absolute Gasteiger partial charge is 0.348 e. The summed E-state index contributed by atoms with van der Waals surface area (Å²) in [6.45, 7) is 3.62. The van der Waals surface area contributed by atoms with Crippen LogP contribution in [-0.4, -0.2) is 21.1 Å². The molecule has 7 heteroatoms. The summed E-state index contributed by atoms with van der Waals surface area (Å²) in [4.78, 5) is 27.0. The van der Waals surface area contributed by atoms with E-state index < -0.39 is 5.82 Å². The summed E-state index contributed by atoms with van der Waals surface area (Å²) in [6, 6.07) is 8.89. The van der Waals surface area contributed by atoms with E-state index in [-0.39, 0.29) is 29.5 Å². The maximum atomic E-state index is 13.3. The number of H-pyrrole nitrogens is 1. The molecule has 0 bridgehead atoms. The molecule has 1 aromatic carbocycles. The van der Waals surface area contributed by atoms with E-state index in [4.69, 9.17) is 0 Å². The second-order valence-corrected chi connectivity index (χ2v) is 5.92. The molecule has 0 unspecified atom stereocenters. The zero-order valence-corrected chi connectivity index (χ0v) is 13.8. The lowest BCUT2D eigenvalue weighted by atomic mass is 10.1. The molecule has 0 aliphatic carbocycles. The van der Waals surface area contributed by atoms with Gasteiger partial charge in [-0.15, -0.1) is 0 Å². The SMILES string of the molecule is Cc1ccc([C@H](C)NC(=O)Cc2cc3cc(F)ccc3[nH]c2=O)nn1. The summed E-state index contributed by atoms with van der Waals surface area (Å²) in [6.07, 6.45) is -0.106. The number of nitrogens with zero attached hydrogens (tertiary/aromatic N) is 2. The van der Waals surface area contributed by atoms with Gasteiger partial charge in [0.15, 0.2) is 0 Å². The number of rotatable bonds is 4. The first-order valence-electron chi connectivity index (χ1n) is 7.83. The highest BCUT2D eigenvalue weighted by atomic mass is 19.1. The van der Waals surface area contributed by atoms with E-state index in [1.165, 1.54) is 24.3 Å². The van der Waals surface area contributed by atoms with E-state index in [0.29, 0.717) is 16.6 Å². The highest BCUT2D eigenvalue weighted by Crippen LogP contribution is 2.14. The minimum absolute atomic E-state index is 0.106. The van der Waals surface area contributed by atoms with Crippen LogP contribution in [-0.2, 0) is 11.2 Å². The Morgan fingerprint density at radius 1 is 1.24 bits per heavy atom. The number of aromatic nitrogens is 3. The standard InChI is InChI=1S/C18H17FN4O2/c1-10-3-5-15(23-22-10)11(2)20-17(24)9-13-7-12-8-14(19)4-6-16(12)21-18(13)25/h3-8,11H,9H2,1-2H3,(H,20,24)(H,21,25)/t11-/m0/s1. The number of aromatic amines is 1. The van der Waals surface area contributed by atoms with Crippen LogP contribution < -0.4 is 10.9 Å². The van der Waals surface area contributed by atoms with Crippen molar-refractivity contribution in [3.05, 3.63) is 69.5 Å². The number of carbonyl (C=O) groups excluding carboxylic acids is 1. The summed E-state index contributed by atoms with van der Waals surface area (Å²) < 4.78 is 13.3. The van der Waals surface area contributed by atoms with Gasteiger partial charge in [0.1, 0.15) is 5.82 Å². The van der Waals surface area contributed by atoms with Crippen molar-refractivity contribution in [3.63, 3.8) is 0 Å². The Morgan fingerprint density at radius 3 is 2.76 bits per heavy atom. The van der Waals surface area contributed by atoms with Gasteiger partial charge in [0.05, 0.1) is 23.9 Å². The van der Waals surface area contributed by atoms with Gasteiger partial charge in [-0.2, -0.15) is 10.2 Å². The first-order chi connectivity index (χ1) is 11.9. The van der Waals surface area contributed by atoms with Gasteiger partial charge in [0.2, 0.25) is 5.91 Å². The quantitative estimate of drug-likeness (QED) is 0.762. The first-order valence-corrected chi connectivity index (χ1v) is 7.83. The van der Waals surface area contributed by atoms with E-state index in [2.05, 4.69) is 20.5 Å². The van der Waals surface area contributed by atoms with Crippen LogP contribution in [0.2, 0.25) is 0 Å². The minimum atomic E-state index is -0.401. The normalized spacial score (nSPS) is 12.1. The van der Waals surface area contributed by atoms with Crippen LogP contribution in [0.5, 0.6) is 0 Å². The highest BCUT2D eigenvalue weighted by Gasteiger charge is 2.14. The van der Waals surface area contributed by atoms with Crippen LogP contribution in [0.1, 0.15) is 29.9 Å². The molecule has 1 atom stereocenters. The lowest BCUT2D eigenvalue weighted by Crippen LogP contribution is -2.30. The average molecular weight is 340 g/mol. The Labute approximate surface area is 143 Å². The van der Waals surface area contributed by atoms with Crippen molar-refractivity contribution in [1.29, 1.82) is 0 Å². The smallest absolute Gasteiger partial charge is 0.252 e. The van der Waals surface area contributed by atoms with E-state index in [1.807, 2.05) is 13.0 Å². The third-order valence-corrected chi connectivity index (χ3v) is 3.87. The van der Waals surface area contributed by atoms with Gasteiger partial charge in [-0.1, -0.05) is 0 Å². The topological polar surface area (TPSA) is 87.7 Å². The number of hydrogen-bond donors (Lipinski definition) is 2. The van der Waals surface area contributed by atoms with E-state index in [0.717, 1.165) is 5.69 Å². The predicted octanol–water partition coefficient (Wildman–Crippen LogP) is 2.19. The Balaban J connectivity index is 1.76. The molecule has 0 spiro atoms. The molecule has 3 aromatic rings. The predicted molar refractivity (Wildman–Crippen MR) is 91.6 cm³/mol.